The number of rotatable bonds is 5. The van der Waals surface area contributed by atoms with Gasteiger partial charge in [-0.25, -0.2) is 0 Å². The summed E-state index contributed by atoms with van der Waals surface area (Å²) in [5.41, 5.74) is 7.72. The van der Waals surface area contributed by atoms with Crippen molar-refractivity contribution in [2.24, 2.45) is 11.7 Å². The molecule has 1 atom stereocenters. The highest BCUT2D eigenvalue weighted by Crippen LogP contribution is 2.10. The average molecular weight is 221 g/mol. The zero-order valence-electron chi connectivity index (χ0n) is 9.81. The van der Waals surface area contributed by atoms with E-state index in [0.29, 0.717) is 12.3 Å². The van der Waals surface area contributed by atoms with E-state index in [-0.39, 0.29) is 0 Å². The lowest BCUT2D eigenvalue weighted by atomic mass is 10.00. The zero-order valence-corrected chi connectivity index (χ0v) is 9.81. The van der Waals surface area contributed by atoms with Crippen molar-refractivity contribution in [1.82, 2.24) is 0 Å². The van der Waals surface area contributed by atoms with Gasteiger partial charge >= 0.3 is 5.97 Å². The third-order valence-electron chi connectivity index (χ3n) is 2.44. The third-order valence-corrected chi connectivity index (χ3v) is 2.44. The van der Waals surface area contributed by atoms with E-state index < -0.39 is 12.0 Å². The van der Waals surface area contributed by atoms with Crippen LogP contribution in [0.1, 0.15) is 25.0 Å². The Hall–Kier alpha value is -1.35. The Balaban J connectivity index is 2.61. The first-order valence-electron chi connectivity index (χ1n) is 5.55. The van der Waals surface area contributed by atoms with E-state index in [2.05, 4.69) is 13.8 Å². The van der Waals surface area contributed by atoms with Crippen LogP contribution >= 0.6 is 0 Å². The van der Waals surface area contributed by atoms with Gasteiger partial charge in [0.15, 0.2) is 0 Å². The molecule has 0 heterocycles. The number of carboxylic acids is 1. The smallest absolute Gasteiger partial charge is 0.320 e. The molecular weight excluding hydrogens is 202 g/mol. The van der Waals surface area contributed by atoms with Crippen LogP contribution in [0.15, 0.2) is 24.3 Å². The van der Waals surface area contributed by atoms with E-state index in [9.17, 15) is 4.79 Å². The van der Waals surface area contributed by atoms with Crippen molar-refractivity contribution < 1.29 is 9.90 Å². The van der Waals surface area contributed by atoms with Crippen LogP contribution in [0.2, 0.25) is 0 Å². The highest BCUT2D eigenvalue weighted by atomic mass is 16.4. The molecule has 0 aliphatic rings. The molecule has 0 saturated heterocycles. The SMILES string of the molecule is CC(C)Cc1ccc(CC(N)C(=O)O)cc1. The molecule has 0 aliphatic heterocycles. The summed E-state index contributed by atoms with van der Waals surface area (Å²) in [4.78, 5) is 10.6. The Morgan fingerprint density at radius 1 is 1.19 bits per heavy atom. The number of hydrogen-bond donors (Lipinski definition) is 2. The molecule has 0 amide bonds. The van der Waals surface area contributed by atoms with Crippen molar-refractivity contribution in [2.75, 3.05) is 0 Å². The largest absolute Gasteiger partial charge is 0.480 e. The second-order valence-corrected chi connectivity index (χ2v) is 4.56. The number of nitrogens with two attached hydrogens (primary N) is 1. The molecule has 0 saturated carbocycles. The number of aliphatic carboxylic acids is 1. The molecule has 0 fully saturated rings. The first kappa shape index (κ1) is 12.7. The van der Waals surface area contributed by atoms with Gasteiger partial charge in [-0.15, -0.1) is 0 Å². The Morgan fingerprint density at radius 2 is 1.62 bits per heavy atom. The van der Waals surface area contributed by atoms with Crippen LogP contribution in [-0.4, -0.2) is 17.1 Å². The van der Waals surface area contributed by atoms with Crippen LogP contribution < -0.4 is 5.73 Å². The summed E-state index contributed by atoms with van der Waals surface area (Å²) >= 11 is 0. The molecule has 0 bridgehead atoms. The second-order valence-electron chi connectivity index (χ2n) is 4.56. The summed E-state index contributed by atoms with van der Waals surface area (Å²) in [5, 5.41) is 8.69. The summed E-state index contributed by atoms with van der Waals surface area (Å²) < 4.78 is 0. The van der Waals surface area contributed by atoms with Gasteiger partial charge in [0.25, 0.3) is 0 Å². The van der Waals surface area contributed by atoms with Crippen LogP contribution in [0.4, 0.5) is 0 Å². The molecule has 3 heteroatoms. The predicted molar refractivity (Wildman–Crippen MR) is 64.3 cm³/mol. The molecule has 3 nitrogen and oxygen atoms in total. The summed E-state index contributed by atoms with van der Waals surface area (Å²) in [6.07, 6.45) is 1.43. The highest BCUT2D eigenvalue weighted by Gasteiger charge is 2.11. The van der Waals surface area contributed by atoms with Gasteiger partial charge in [-0.05, 0) is 29.9 Å². The van der Waals surface area contributed by atoms with Crippen molar-refractivity contribution in [1.29, 1.82) is 0 Å². The summed E-state index contributed by atoms with van der Waals surface area (Å²) in [7, 11) is 0. The molecule has 16 heavy (non-hydrogen) atoms. The monoisotopic (exact) mass is 221 g/mol. The number of benzene rings is 1. The molecule has 0 radical (unpaired) electrons. The lowest BCUT2D eigenvalue weighted by Gasteiger charge is -2.08. The number of carboxylic acid groups (broad SMARTS) is 1. The van der Waals surface area contributed by atoms with Gasteiger partial charge < -0.3 is 10.8 Å². The molecule has 0 aromatic heterocycles. The maximum absolute atomic E-state index is 10.6. The molecule has 1 rings (SSSR count). The predicted octanol–water partition coefficient (Wildman–Crippen LogP) is 1.84. The van der Waals surface area contributed by atoms with Crippen LogP contribution in [0, 0.1) is 5.92 Å². The fraction of sp³-hybridized carbons (Fsp3) is 0.462. The van der Waals surface area contributed by atoms with E-state index in [1.54, 1.807) is 0 Å². The van der Waals surface area contributed by atoms with Crippen LogP contribution in [0.25, 0.3) is 0 Å². The quantitative estimate of drug-likeness (QED) is 0.797. The zero-order chi connectivity index (χ0) is 12.1. The lowest BCUT2D eigenvalue weighted by Crippen LogP contribution is -2.32. The van der Waals surface area contributed by atoms with Crippen molar-refractivity contribution in [2.45, 2.75) is 32.7 Å². The first-order chi connectivity index (χ1) is 7.49. The van der Waals surface area contributed by atoms with Gasteiger partial charge in [-0.1, -0.05) is 38.1 Å². The van der Waals surface area contributed by atoms with Gasteiger partial charge in [0.1, 0.15) is 6.04 Å². The van der Waals surface area contributed by atoms with Gasteiger partial charge in [-0.2, -0.15) is 0 Å². The van der Waals surface area contributed by atoms with Crippen LogP contribution in [-0.2, 0) is 17.6 Å². The summed E-state index contributed by atoms with van der Waals surface area (Å²) in [6.45, 7) is 4.35. The minimum absolute atomic E-state index is 0.386. The maximum Gasteiger partial charge on any atom is 0.320 e. The summed E-state index contributed by atoms with van der Waals surface area (Å²) in [5.74, 6) is -0.321. The average Bonchev–Trinajstić information content (AvgIpc) is 2.20. The van der Waals surface area contributed by atoms with E-state index in [1.165, 1.54) is 5.56 Å². The molecule has 88 valence electrons. The Morgan fingerprint density at radius 3 is 2.00 bits per heavy atom. The Kier molecular flexibility index (Phi) is 4.50. The van der Waals surface area contributed by atoms with Crippen molar-refractivity contribution in [3.05, 3.63) is 35.4 Å². The van der Waals surface area contributed by atoms with E-state index >= 15 is 0 Å². The van der Waals surface area contributed by atoms with Crippen LogP contribution in [0.3, 0.4) is 0 Å². The molecule has 1 aromatic rings. The summed E-state index contributed by atoms with van der Waals surface area (Å²) in [6, 6.07) is 7.20. The fourth-order valence-electron chi connectivity index (χ4n) is 1.62. The lowest BCUT2D eigenvalue weighted by molar-refractivity contribution is -0.138. The molecule has 0 spiro atoms. The first-order valence-corrected chi connectivity index (χ1v) is 5.55. The van der Waals surface area contributed by atoms with E-state index in [4.69, 9.17) is 10.8 Å². The highest BCUT2D eigenvalue weighted by molar-refractivity contribution is 5.73. The third kappa shape index (κ3) is 4.03. The minimum atomic E-state index is -0.953. The van der Waals surface area contributed by atoms with Crippen molar-refractivity contribution >= 4 is 5.97 Å². The van der Waals surface area contributed by atoms with Crippen molar-refractivity contribution in [3.8, 4) is 0 Å². The molecular formula is C13H19NO2. The molecule has 3 N–H and O–H groups in total. The van der Waals surface area contributed by atoms with E-state index in [1.807, 2.05) is 24.3 Å². The number of hydrogen-bond acceptors (Lipinski definition) is 2. The maximum atomic E-state index is 10.6. The topological polar surface area (TPSA) is 63.3 Å². The normalized spacial score (nSPS) is 12.8. The molecule has 1 aromatic carbocycles. The molecule has 1 unspecified atom stereocenters. The van der Waals surface area contributed by atoms with Gasteiger partial charge in [0.05, 0.1) is 0 Å². The second kappa shape index (κ2) is 5.66. The van der Waals surface area contributed by atoms with E-state index in [0.717, 1.165) is 12.0 Å². The standard InChI is InChI=1S/C13H19NO2/c1-9(2)7-10-3-5-11(6-4-10)8-12(14)13(15)16/h3-6,9,12H,7-8,14H2,1-2H3,(H,15,16). The molecule has 0 aliphatic carbocycles. The van der Waals surface area contributed by atoms with Gasteiger partial charge in [0.2, 0.25) is 0 Å². The number of carbonyl (C=O) groups is 1. The minimum Gasteiger partial charge on any atom is -0.480 e. The van der Waals surface area contributed by atoms with Gasteiger partial charge in [0, 0.05) is 0 Å². The van der Waals surface area contributed by atoms with Crippen LogP contribution in [0.5, 0.6) is 0 Å². The van der Waals surface area contributed by atoms with Crippen molar-refractivity contribution in [3.63, 3.8) is 0 Å². The fourth-order valence-corrected chi connectivity index (χ4v) is 1.62. The Bertz CT molecular complexity index is 343. The Labute approximate surface area is 96.3 Å². The van der Waals surface area contributed by atoms with Gasteiger partial charge in [-0.3, -0.25) is 4.79 Å².